The van der Waals surface area contributed by atoms with Gasteiger partial charge in [-0.3, -0.25) is 9.78 Å². The van der Waals surface area contributed by atoms with E-state index in [-0.39, 0.29) is 43.9 Å². The normalized spacial score (nSPS) is 11.2. The highest BCUT2D eigenvalue weighted by Crippen LogP contribution is 2.21. The zero-order valence-electron chi connectivity index (χ0n) is 14.0. The summed E-state index contributed by atoms with van der Waals surface area (Å²) >= 11 is 0. The molecule has 26 heavy (non-hydrogen) atoms. The minimum atomic E-state index is -0.439. The van der Waals surface area contributed by atoms with E-state index in [4.69, 9.17) is 10.8 Å². The minimum absolute atomic E-state index is 0. The Kier molecular flexibility index (Phi) is 8.48. The number of aliphatic hydroxyl groups excluding tert-OH is 1. The summed E-state index contributed by atoms with van der Waals surface area (Å²) in [5.74, 6) is -0.589. The molecule has 138 valence electrons. The van der Waals surface area contributed by atoms with E-state index in [1.54, 1.807) is 24.5 Å². The number of nitrogens with zero attached hydrogens (tertiary/aromatic N) is 1. The molecule has 0 radical (unpaired) electrons. The molecule has 0 bridgehead atoms. The lowest BCUT2D eigenvalue weighted by Gasteiger charge is -2.16. The van der Waals surface area contributed by atoms with Gasteiger partial charge >= 0.3 is 0 Å². The first-order valence-electron chi connectivity index (χ1n) is 7.75. The van der Waals surface area contributed by atoms with Gasteiger partial charge in [-0.15, -0.1) is 24.8 Å². The monoisotopic (exact) mass is 393 g/mol. The number of rotatable bonds is 5. The van der Waals surface area contributed by atoms with Gasteiger partial charge in [0.05, 0.1) is 12.5 Å². The second-order valence-corrected chi connectivity index (χ2v) is 5.61. The van der Waals surface area contributed by atoms with Gasteiger partial charge in [-0.05, 0) is 34.7 Å². The molecule has 2 aromatic carbocycles. The fourth-order valence-corrected chi connectivity index (χ4v) is 2.64. The Morgan fingerprint density at radius 3 is 2.46 bits per heavy atom. The van der Waals surface area contributed by atoms with Crippen LogP contribution in [-0.4, -0.2) is 22.5 Å². The van der Waals surface area contributed by atoms with Crippen LogP contribution < -0.4 is 11.1 Å². The van der Waals surface area contributed by atoms with Crippen molar-refractivity contribution in [3.63, 3.8) is 0 Å². The molecule has 0 saturated heterocycles. The lowest BCUT2D eigenvalue weighted by Crippen LogP contribution is -2.27. The van der Waals surface area contributed by atoms with Crippen LogP contribution in [0, 0.1) is 0 Å². The third-order valence-electron chi connectivity index (χ3n) is 4.02. The Labute approximate surface area is 164 Å². The Balaban J connectivity index is 0.00000169. The summed E-state index contributed by atoms with van der Waals surface area (Å²) in [5.41, 5.74) is 8.16. The summed E-state index contributed by atoms with van der Waals surface area (Å²) in [7, 11) is 0. The third-order valence-corrected chi connectivity index (χ3v) is 4.02. The van der Waals surface area contributed by atoms with Crippen molar-refractivity contribution >= 4 is 47.2 Å². The highest BCUT2D eigenvalue weighted by molar-refractivity contribution is 5.98. The van der Waals surface area contributed by atoms with Gasteiger partial charge < -0.3 is 16.2 Å². The maximum Gasteiger partial charge on any atom is 0.233 e. The summed E-state index contributed by atoms with van der Waals surface area (Å²) in [6, 6.07) is 14.8. The van der Waals surface area contributed by atoms with Crippen LogP contribution in [0.1, 0.15) is 17.0 Å². The number of carbonyl (C=O) groups excluding carboxylic acids is 1. The van der Waals surface area contributed by atoms with Crippen LogP contribution in [0.3, 0.4) is 0 Å². The summed E-state index contributed by atoms with van der Waals surface area (Å²) in [5, 5.41) is 14.1. The minimum Gasteiger partial charge on any atom is -0.392 e. The molecule has 0 fully saturated rings. The average Bonchev–Trinajstić information content (AvgIpc) is 2.63. The number of fused-ring (bicyclic) bond motifs is 1. The number of aromatic nitrogens is 1. The number of aliphatic hydroxyl groups is 1. The maximum atomic E-state index is 12.6. The highest BCUT2D eigenvalue weighted by Gasteiger charge is 2.19. The fourth-order valence-electron chi connectivity index (χ4n) is 2.64. The molecule has 1 heterocycles. The molecule has 0 saturated carbocycles. The van der Waals surface area contributed by atoms with Gasteiger partial charge in [-0.1, -0.05) is 30.3 Å². The highest BCUT2D eigenvalue weighted by atomic mass is 35.5. The van der Waals surface area contributed by atoms with Gasteiger partial charge in [0.2, 0.25) is 5.91 Å². The van der Waals surface area contributed by atoms with Gasteiger partial charge in [0.1, 0.15) is 0 Å². The predicted molar refractivity (Wildman–Crippen MR) is 109 cm³/mol. The summed E-state index contributed by atoms with van der Waals surface area (Å²) in [6.45, 7) is 0.188. The second kappa shape index (κ2) is 10.1. The molecule has 1 amide bonds. The number of carbonyl (C=O) groups is 1. The molecular weight excluding hydrogens is 373 g/mol. The van der Waals surface area contributed by atoms with Crippen molar-refractivity contribution in [2.75, 3.05) is 11.9 Å². The third kappa shape index (κ3) is 4.93. The smallest absolute Gasteiger partial charge is 0.233 e. The van der Waals surface area contributed by atoms with Crippen LogP contribution in [0.5, 0.6) is 0 Å². The molecule has 3 aromatic rings. The van der Waals surface area contributed by atoms with E-state index in [2.05, 4.69) is 10.3 Å². The van der Waals surface area contributed by atoms with Crippen LogP contribution in [0.4, 0.5) is 5.69 Å². The van der Waals surface area contributed by atoms with Gasteiger partial charge in [0, 0.05) is 30.0 Å². The van der Waals surface area contributed by atoms with E-state index in [9.17, 15) is 4.79 Å². The zero-order chi connectivity index (χ0) is 16.9. The van der Waals surface area contributed by atoms with Crippen LogP contribution in [-0.2, 0) is 11.4 Å². The number of anilines is 1. The largest absolute Gasteiger partial charge is 0.392 e. The van der Waals surface area contributed by atoms with Crippen molar-refractivity contribution in [1.29, 1.82) is 0 Å². The van der Waals surface area contributed by atoms with Gasteiger partial charge in [0.15, 0.2) is 0 Å². The van der Waals surface area contributed by atoms with Crippen molar-refractivity contribution < 1.29 is 9.90 Å². The summed E-state index contributed by atoms with van der Waals surface area (Å²) in [6.07, 6.45) is 3.51. The number of nitrogens with one attached hydrogen (secondary N) is 1. The molecule has 1 unspecified atom stereocenters. The van der Waals surface area contributed by atoms with Crippen LogP contribution in [0.15, 0.2) is 60.9 Å². The van der Waals surface area contributed by atoms with Crippen LogP contribution >= 0.6 is 24.8 Å². The molecular formula is C19H21Cl2N3O2. The number of halogens is 2. The van der Waals surface area contributed by atoms with Crippen LogP contribution in [0.25, 0.3) is 10.8 Å². The number of hydrogen-bond acceptors (Lipinski definition) is 4. The van der Waals surface area contributed by atoms with E-state index in [1.807, 2.05) is 36.4 Å². The van der Waals surface area contributed by atoms with E-state index < -0.39 is 5.92 Å². The zero-order valence-corrected chi connectivity index (χ0v) is 15.6. The fraction of sp³-hybridized carbons (Fsp3) is 0.158. The van der Waals surface area contributed by atoms with Crippen LogP contribution in [0.2, 0.25) is 0 Å². The molecule has 4 N–H and O–H groups in total. The SMILES string of the molecule is Cl.Cl.NCC(C(=O)Nc1ccc2cnccc2c1)c1ccc(CO)cc1. The summed E-state index contributed by atoms with van der Waals surface area (Å²) in [4.78, 5) is 16.7. The van der Waals surface area contributed by atoms with Crippen molar-refractivity contribution in [3.8, 4) is 0 Å². The number of nitrogens with two attached hydrogens (primary N) is 1. The quantitative estimate of drug-likeness (QED) is 0.620. The Morgan fingerprint density at radius 1 is 1.08 bits per heavy atom. The van der Waals surface area contributed by atoms with Gasteiger partial charge in [-0.25, -0.2) is 0 Å². The van der Waals surface area contributed by atoms with E-state index in [0.717, 1.165) is 27.6 Å². The molecule has 0 aliphatic heterocycles. The summed E-state index contributed by atoms with van der Waals surface area (Å²) < 4.78 is 0. The Hall–Kier alpha value is -2.18. The molecule has 1 atom stereocenters. The first-order valence-corrected chi connectivity index (χ1v) is 7.75. The molecule has 1 aromatic heterocycles. The lowest BCUT2D eigenvalue weighted by molar-refractivity contribution is -0.117. The van der Waals surface area contributed by atoms with Gasteiger partial charge in [0.25, 0.3) is 0 Å². The molecule has 0 aliphatic rings. The van der Waals surface area contributed by atoms with E-state index in [0.29, 0.717) is 0 Å². The molecule has 0 spiro atoms. The van der Waals surface area contributed by atoms with Crippen molar-refractivity contribution in [2.45, 2.75) is 12.5 Å². The second-order valence-electron chi connectivity index (χ2n) is 5.61. The van der Waals surface area contributed by atoms with Crippen molar-refractivity contribution in [1.82, 2.24) is 4.98 Å². The topological polar surface area (TPSA) is 88.2 Å². The first kappa shape index (κ1) is 21.9. The molecule has 7 heteroatoms. The van der Waals surface area contributed by atoms with E-state index >= 15 is 0 Å². The first-order chi connectivity index (χ1) is 11.7. The Morgan fingerprint density at radius 2 is 1.81 bits per heavy atom. The Bertz CT molecular complexity index is 857. The molecule has 5 nitrogen and oxygen atoms in total. The van der Waals surface area contributed by atoms with E-state index in [1.165, 1.54) is 0 Å². The number of pyridine rings is 1. The lowest BCUT2D eigenvalue weighted by atomic mass is 9.97. The standard InChI is InChI=1S/C19H19N3O2.2ClH/c20-10-18(14-3-1-13(12-23)2-4-14)19(24)22-17-6-5-16-11-21-8-7-15(16)9-17;;/h1-9,11,18,23H,10,12,20H2,(H,22,24);2*1H. The maximum absolute atomic E-state index is 12.6. The average molecular weight is 394 g/mol. The molecule has 0 aliphatic carbocycles. The predicted octanol–water partition coefficient (Wildman–Crippen LogP) is 3.25. The molecule has 3 rings (SSSR count). The number of benzene rings is 2. The number of amides is 1. The number of hydrogen-bond donors (Lipinski definition) is 3. The van der Waals surface area contributed by atoms with Gasteiger partial charge in [-0.2, -0.15) is 0 Å². The van der Waals surface area contributed by atoms with Crippen molar-refractivity contribution in [2.24, 2.45) is 5.73 Å². The van der Waals surface area contributed by atoms with Crippen molar-refractivity contribution in [3.05, 3.63) is 72.1 Å².